The number of hydrogen-bond donors (Lipinski definition) is 1. The van der Waals surface area contributed by atoms with Crippen molar-refractivity contribution in [3.8, 4) is 0 Å². The molecule has 0 aliphatic heterocycles. The maximum absolute atomic E-state index is 12.1. The van der Waals surface area contributed by atoms with Gasteiger partial charge in [-0.2, -0.15) is 5.10 Å². The van der Waals surface area contributed by atoms with Crippen molar-refractivity contribution in [3.05, 3.63) is 40.1 Å². The van der Waals surface area contributed by atoms with Crippen LogP contribution in [0, 0.1) is 27.7 Å². The number of aromatic nitrogens is 2. The van der Waals surface area contributed by atoms with Gasteiger partial charge in [-0.1, -0.05) is 0 Å². The molecule has 0 saturated carbocycles. The van der Waals surface area contributed by atoms with Gasteiger partial charge in [-0.3, -0.25) is 9.48 Å². The molecule has 0 aromatic carbocycles. The predicted octanol–water partition coefficient (Wildman–Crippen LogP) is 2.18. The van der Waals surface area contributed by atoms with Gasteiger partial charge >= 0.3 is 0 Å². The Balaban J connectivity index is 2.11. The van der Waals surface area contributed by atoms with E-state index in [4.69, 9.17) is 4.42 Å². The Morgan fingerprint density at radius 2 is 2.05 bits per heavy atom. The lowest BCUT2D eigenvalue weighted by Gasteiger charge is -2.05. The van der Waals surface area contributed by atoms with Crippen molar-refractivity contribution in [3.63, 3.8) is 0 Å². The summed E-state index contributed by atoms with van der Waals surface area (Å²) in [6.45, 7) is 8.05. The summed E-state index contributed by atoms with van der Waals surface area (Å²) in [5.74, 6) is 1.28. The minimum atomic E-state index is -0.114. The van der Waals surface area contributed by atoms with Crippen molar-refractivity contribution < 1.29 is 9.21 Å². The molecule has 1 N–H and O–H groups in total. The third-order valence-electron chi connectivity index (χ3n) is 3.37. The van der Waals surface area contributed by atoms with E-state index in [-0.39, 0.29) is 5.91 Å². The smallest absolute Gasteiger partial charge is 0.255 e. The molecule has 0 atom stereocenters. The van der Waals surface area contributed by atoms with E-state index in [1.807, 2.05) is 32.5 Å². The lowest BCUT2D eigenvalue weighted by Crippen LogP contribution is -2.23. The highest BCUT2D eigenvalue weighted by Gasteiger charge is 2.15. The summed E-state index contributed by atoms with van der Waals surface area (Å²) < 4.78 is 7.19. The van der Waals surface area contributed by atoms with Gasteiger partial charge in [0, 0.05) is 24.8 Å². The van der Waals surface area contributed by atoms with Crippen molar-refractivity contribution in [1.29, 1.82) is 0 Å². The molecule has 0 aliphatic rings. The summed E-state index contributed by atoms with van der Waals surface area (Å²) in [5.41, 5.74) is 3.67. The molecule has 0 bridgehead atoms. The van der Waals surface area contributed by atoms with E-state index in [1.54, 1.807) is 13.0 Å². The molecule has 2 aromatic heterocycles. The third-order valence-corrected chi connectivity index (χ3v) is 3.37. The van der Waals surface area contributed by atoms with E-state index < -0.39 is 0 Å². The summed E-state index contributed by atoms with van der Waals surface area (Å²) in [4.78, 5) is 12.1. The molecule has 19 heavy (non-hydrogen) atoms. The molecule has 0 fully saturated rings. The highest BCUT2D eigenvalue weighted by atomic mass is 16.3. The van der Waals surface area contributed by atoms with E-state index in [0.717, 1.165) is 22.7 Å². The van der Waals surface area contributed by atoms with Crippen LogP contribution in [0.2, 0.25) is 0 Å². The molecule has 2 aromatic rings. The van der Waals surface area contributed by atoms with E-state index in [1.165, 1.54) is 0 Å². The van der Waals surface area contributed by atoms with Gasteiger partial charge in [0.25, 0.3) is 5.91 Å². The molecular weight excluding hydrogens is 242 g/mol. The zero-order chi connectivity index (χ0) is 14.2. The van der Waals surface area contributed by atoms with Crippen LogP contribution in [0.1, 0.15) is 38.8 Å². The number of rotatable bonds is 3. The first kappa shape index (κ1) is 13.4. The van der Waals surface area contributed by atoms with Crippen LogP contribution < -0.4 is 5.32 Å². The summed E-state index contributed by atoms with van der Waals surface area (Å²) in [7, 11) is 1.90. The molecule has 0 radical (unpaired) electrons. The lowest BCUT2D eigenvalue weighted by atomic mass is 10.2. The molecule has 0 aliphatic carbocycles. The Labute approximate surface area is 112 Å². The minimum Gasteiger partial charge on any atom is -0.466 e. The number of nitrogens with zero attached hydrogens (tertiary/aromatic N) is 2. The Morgan fingerprint density at radius 3 is 2.53 bits per heavy atom. The van der Waals surface area contributed by atoms with Gasteiger partial charge in [-0.25, -0.2) is 0 Å². The number of furan rings is 1. The van der Waals surface area contributed by atoms with E-state index in [2.05, 4.69) is 10.4 Å². The second kappa shape index (κ2) is 4.91. The van der Waals surface area contributed by atoms with Crippen LogP contribution in [0.25, 0.3) is 0 Å². The summed E-state index contributed by atoms with van der Waals surface area (Å²) >= 11 is 0. The lowest BCUT2D eigenvalue weighted by molar-refractivity contribution is 0.0949. The molecule has 0 spiro atoms. The SMILES string of the molecule is Cc1cc(C(=O)NCc2c(C)nn(C)c2C)c(C)o1. The minimum absolute atomic E-state index is 0.114. The fraction of sp³-hybridized carbons (Fsp3) is 0.429. The van der Waals surface area contributed by atoms with Gasteiger partial charge in [-0.15, -0.1) is 0 Å². The Bertz CT molecular complexity index is 623. The van der Waals surface area contributed by atoms with Gasteiger partial charge in [0.1, 0.15) is 11.5 Å². The van der Waals surface area contributed by atoms with E-state index in [0.29, 0.717) is 17.9 Å². The largest absolute Gasteiger partial charge is 0.466 e. The number of hydrogen-bond acceptors (Lipinski definition) is 3. The standard InChI is InChI=1S/C14H19N3O2/c1-8-6-12(11(4)19-8)14(18)15-7-13-9(2)16-17(5)10(13)3/h6H,7H2,1-5H3,(H,15,18). The van der Waals surface area contributed by atoms with Crippen LogP contribution in [0.5, 0.6) is 0 Å². The molecule has 0 unspecified atom stereocenters. The molecule has 102 valence electrons. The Morgan fingerprint density at radius 1 is 1.37 bits per heavy atom. The maximum atomic E-state index is 12.1. The van der Waals surface area contributed by atoms with Crippen molar-refractivity contribution >= 4 is 5.91 Å². The summed E-state index contributed by atoms with van der Waals surface area (Å²) in [6, 6.07) is 1.76. The molecule has 1 amide bonds. The molecular formula is C14H19N3O2. The first-order chi connectivity index (χ1) is 8.90. The summed E-state index contributed by atoms with van der Waals surface area (Å²) in [5, 5.41) is 7.24. The molecule has 2 rings (SSSR count). The zero-order valence-electron chi connectivity index (χ0n) is 12.0. The van der Waals surface area contributed by atoms with Crippen molar-refractivity contribution in [2.45, 2.75) is 34.2 Å². The van der Waals surface area contributed by atoms with Gasteiger partial charge in [0.05, 0.1) is 11.3 Å². The Hall–Kier alpha value is -2.04. The van der Waals surface area contributed by atoms with Crippen LogP contribution in [0.4, 0.5) is 0 Å². The number of nitrogens with one attached hydrogen (secondary N) is 1. The molecule has 2 heterocycles. The highest BCUT2D eigenvalue weighted by Crippen LogP contribution is 2.15. The van der Waals surface area contributed by atoms with Gasteiger partial charge in [-0.05, 0) is 33.8 Å². The third kappa shape index (κ3) is 2.54. The second-order valence-corrected chi connectivity index (χ2v) is 4.78. The molecule has 0 saturated heterocycles. The van der Waals surface area contributed by atoms with Crippen LogP contribution in [0.3, 0.4) is 0 Å². The number of carbonyl (C=O) groups is 1. The van der Waals surface area contributed by atoms with Gasteiger partial charge < -0.3 is 9.73 Å². The van der Waals surface area contributed by atoms with Crippen LogP contribution in [-0.2, 0) is 13.6 Å². The first-order valence-corrected chi connectivity index (χ1v) is 6.24. The number of aryl methyl sites for hydroxylation is 4. The van der Waals surface area contributed by atoms with Crippen molar-refractivity contribution in [1.82, 2.24) is 15.1 Å². The number of carbonyl (C=O) groups excluding carboxylic acids is 1. The van der Waals surface area contributed by atoms with E-state index >= 15 is 0 Å². The van der Waals surface area contributed by atoms with Crippen LogP contribution in [-0.4, -0.2) is 15.7 Å². The van der Waals surface area contributed by atoms with Crippen molar-refractivity contribution in [2.24, 2.45) is 7.05 Å². The monoisotopic (exact) mass is 261 g/mol. The fourth-order valence-corrected chi connectivity index (χ4v) is 2.19. The average molecular weight is 261 g/mol. The van der Waals surface area contributed by atoms with Gasteiger partial charge in [0.15, 0.2) is 0 Å². The predicted molar refractivity (Wildman–Crippen MR) is 72.0 cm³/mol. The second-order valence-electron chi connectivity index (χ2n) is 4.78. The van der Waals surface area contributed by atoms with Crippen molar-refractivity contribution in [2.75, 3.05) is 0 Å². The maximum Gasteiger partial charge on any atom is 0.255 e. The Kier molecular flexibility index (Phi) is 3.46. The quantitative estimate of drug-likeness (QED) is 0.921. The molecule has 5 nitrogen and oxygen atoms in total. The van der Waals surface area contributed by atoms with Crippen LogP contribution in [0.15, 0.2) is 10.5 Å². The summed E-state index contributed by atoms with van der Waals surface area (Å²) in [6.07, 6.45) is 0. The zero-order valence-corrected chi connectivity index (χ0v) is 12.0. The molecule has 5 heteroatoms. The normalized spacial score (nSPS) is 10.8. The first-order valence-electron chi connectivity index (χ1n) is 6.24. The van der Waals surface area contributed by atoms with E-state index in [9.17, 15) is 4.79 Å². The number of amides is 1. The van der Waals surface area contributed by atoms with Gasteiger partial charge in [0.2, 0.25) is 0 Å². The van der Waals surface area contributed by atoms with Crippen LogP contribution >= 0.6 is 0 Å². The highest BCUT2D eigenvalue weighted by molar-refractivity contribution is 5.95. The topological polar surface area (TPSA) is 60.1 Å². The average Bonchev–Trinajstić information content (AvgIpc) is 2.78. The fourth-order valence-electron chi connectivity index (χ4n) is 2.19.